The number of aromatic nitrogens is 1. The van der Waals surface area contributed by atoms with Crippen molar-refractivity contribution in [3.05, 3.63) is 59.2 Å². The monoisotopic (exact) mass is 281 g/mol. The summed E-state index contributed by atoms with van der Waals surface area (Å²) in [5.41, 5.74) is 5.23. The van der Waals surface area contributed by atoms with E-state index in [1.807, 2.05) is 6.07 Å². The first kappa shape index (κ1) is 11.9. The van der Waals surface area contributed by atoms with Crippen LogP contribution in [0.25, 0.3) is 10.2 Å². The predicted octanol–water partition coefficient (Wildman–Crippen LogP) is 3.51. The first-order valence-corrected chi connectivity index (χ1v) is 7.61. The number of hydrogen-bond donors (Lipinski definition) is 2. The molecular weight excluding hydrogens is 266 g/mol. The molecule has 1 aliphatic heterocycles. The molecule has 0 saturated carbocycles. The molecular formula is C16H15N3S. The third-order valence-corrected chi connectivity index (χ3v) is 4.63. The molecule has 100 valence electrons. The summed E-state index contributed by atoms with van der Waals surface area (Å²) in [4.78, 5) is 4.60. The smallest absolute Gasteiger partial charge is 0.184 e. The molecule has 0 atom stereocenters. The average Bonchev–Trinajstić information content (AvgIpc) is 3.10. The summed E-state index contributed by atoms with van der Waals surface area (Å²) in [6.45, 7) is 2.82. The normalized spacial score (nSPS) is 13.6. The van der Waals surface area contributed by atoms with Crippen LogP contribution in [0.5, 0.6) is 0 Å². The fourth-order valence-electron chi connectivity index (χ4n) is 2.58. The van der Waals surface area contributed by atoms with E-state index in [4.69, 9.17) is 0 Å². The van der Waals surface area contributed by atoms with Crippen LogP contribution in [0.15, 0.2) is 42.5 Å². The molecule has 0 fully saturated rings. The zero-order valence-corrected chi connectivity index (χ0v) is 11.8. The Balaban J connectivity index is 1.52. The Morgan fingerprint density at radius 3 is 2.95 bits per heavy atom. The molecule has 1 aliphatic rings. The van der Waals surface area contributed by atoms with Gasteiger partial charge in [0.1, 0.15) is 0 Å². The molecule has 2 N–H and O–H groups in total. The van der Waals surface area contributed by atoms with E-state index in [-0.39, 0.29) is 0 Å². The summed E-state index contributed by atoms with van der Waals surface area (Å²) in [5, 5.41) is 7.79. The molecule has 0 bridgehead atoms. The van der Waals surface area contributed by atoms with Crippen molar-refractivity contribution in [2.24, 2.45) is 0 Å². The van der Waals surface area contributed by atoms with E-state index in [1.54, 1.807) is 11.3 Å². The lowest BCUT2D eigenvalue weighted by atomic mass is 10.1. The topological polar surface area (TPSA) is 37.0 Å². The van der Waals surface area contributed by atoms with Crippen LogP contribution < -0.4 is 10.6 Å². The van der Waals surface area contributed by atoms with E-state index >= 15 is 0 Å². The highest BCUT2D eigenvalue weighted by Gasteiger charge is 2.10. The van der Waals surface area contributed by atoms with E-state index < -0.39 is 0 Å². The van der Waals surface area contributed by atoms with Crippen molar-refractivity contribution < 1.29 is 0 Å². The van der Waals surface area contributed by atoms with Crippen LogP contribution >= 0.6 is 11.3 Å². The zero-order valence-electron chi connectivity index (χ0n) is 11.0. The van der Waals surface area contributed by atoms with Crippen LogP contribution in [0.4, 0.5) is 5.13 Å². The lowest BCUT2D eigenvalue weighted by molar-refractivity contribution is 0.764. The second kappa shape index (κ2) is 4.89. The van der Waals surface area contributed by atoms with E-state index in [2.05, 4.69) is 52.0 Å². The molecule has 0 saturated heterocycles. The molecule has 4 heteroatoms. The van der Waals surface area contributed by atoms with Crippen LogP contribution in [-0.2, 0) is 19.6 Å². The summed E-state index contributed by atoms with van der Waals surface area (Å²) >= 11 is 1.71. The molecule has 2 aromatic carbocycles. The maximum absolute atomic E-state index is 4.60. The van der Waals surface area contributed by atoms with Gasteiger partial charge < -0.3 is 10.6 Å². The van der Waals surface area contributed by atoms with E-state index in [0.717, 1.165) is 30.3 Å². The Labute approximate surface area is 121 Å². The van der Waals surface area contributed by atoms with Gasteiger partial charge in [-0.1, -0.05) is 41.7 Å². The van der Waals surface area contributed by atoms with Gasteiger partial charge in [-0.25, -0.2) is 4.98 Å². The van der Waals surface area contributed by atoms with Crippen molar-refractivity contribution in [2.45, 2.75) is 19.6 Å². The van der Waals surface area contributed by atoms with Gasteiger partial charge in [0.2, 0.25) is 0 Å². The number of benzene rings is 2. The van der Waals surface area contributed by atoms with Gasteiger partial charge in [-0.3, -0.25) is 0 Å². The maximum atomic E-state index is 4.60. The summed E-state index contributed by atoms with van der Waals surface area (Å²) in [5.74, 6) is 0. The lowest BCUT2D eigenvalue weighted by Crippen LogP contribution is -2.00. The first-order valence-electron chi connectivity index (χ1n) is 6.79. The van der Waals surface area contributed by atoms with Gasteiger partial charge in [-0.05, 0) is 28.8 Å². The molecule has 3 nitrogen and oxygen atoms in total. The van der Waals surface area contributed by atoms with Crippen LogP contribution in [0.1, 0.15) is 16.7 Å². The molecule has 0 unspecified atom stereocenters. The van der Waals surface area contributed by atoms with Gasteiger partial charge in [-0.2, -0.15) is 0 Å². The third-order valence-electron chi connectivity index (χ3n) is 3.64. The van der Waals surface area contributed by atoms with Crippen LogP contribution in [0, 0.1) is 0 Å². The zero-order chi connectivity index (χ0) is 13.4. The Kier molecular flexibility index (Phi) is 2.90. The summed E-state index contributed by atoms with van der Waals surface area (Å²) < 4.78 is 1.23. The number of hydrogen-bond acceptors (Lipinski definition) is 4. The third kappa shape index (κ3) is 2.17. The molecule has 3 aromatic rings. The fraction of sp³-hybridized carbons (Fsp3) is 0.188. The number of anilines is 1. The number of fused-ring (bicyclic) bond motifs is 2. The Morgan fingerprint density at radius 1 is 1.10 bits per heavy atom. The van der Waals surface area contributed by atoms with Crippen LogP contribution in [-0.4, -0.2) is 4.98 Å². The Bertz CT molecular complexity index is 730. The molecule has 4 rings (SSSR count). The highest BCUT2D eigenvalue weighted by atomic mass is 32.1. The van der Waals surface area contributed by atoms with Crippen molar-refractivity contribution >= 4 is 26.7 Å². The van der Waals surface area contributed by atoms with Crippen molar-refractivity contribution in [1.82, 2.24) is 10.3 Å². The second-order valence-corrected chi connectivity index (χ2v) is 6.08. The average molecular weight is 281 g/mol. The number of nitrogens with one attached hydrogen (secondary N) is 2. The van der Waals surface area contributed by atoms with Crippen molar-refractivity contribution in [3.63, 3.8) is 0 Å². The Hall–Kier alpha value is -1.91. The van der Waals surface area contributed by atoms with Gasteiger partial charge in [0, 0.05) is 19.6 Å². The molecule has 0 amide bonds. The van der Waals surface area contributed by atoms with Gasteiger partial charge in [0.05, 0.1) is 10.2 Å². The molecule has 2 heterocycles. The number of nitrogens with zero attached hydrogens (tertiary/aromatic N) is 1. The van der Waals surface area contributed by atoms with E-state index in [1.165, 1.54) is 21.4 Å². The largest absolute Gasteiger partial charge is 0.357 e. The van der Waals surface area contributed by atoms with Crippen LogP contribution in [0.3, 0.4) is 0 Å². The molecule has 1 aromatic heterocycles. The minimum absolute atomic E-state index is 0.826. The summed E-state index contributed by atoms with van der Waals surface area (Å²) in [6, 6.07) is 15.0. The molecule has 0 spiro atoms. The van der Waals surface area contributed by atoms with Crippen molar-refractivity contribution in [2.75, 3.05) is 5.32 Å². The van der Waals surface area contributed by atoms with Gasteiger partial charge >= 0.3 is 0 Å². The van der Waals surface area contributed by atoms with Gasteiger partial charge in [0.25, 0.3) is 0 Å². The quantitative estimate of drug-likeness (QED) is 0.771. The highest BCUT2D eigenvalue weighted by molar-refractivity contribution is 7.22. The first-order chi connectivity index (χ1) is 9.88. The fourth-order valence-corrected chi connectivity index (χ4v) is 3.45. The number of para-hydroxylation sites is 1. The standard InChI is InChI=1S/C16H15N3S/c1-2-4-15-14(3-1)19-16(20-15)18-8-11-5-6-12-9-17-10-13(12)7-11/h1-7,17H,8-10H2,(H,18,19). The second-order valence-electron chi connectivity index (χ2n) is 5.05. The summed E-state index contributed by atoms with van der Waals surface area (Å²) in [7, 11) is 0. The Morgan fingerprint density at radius 2 is 2.00 bits per heavy atom. The van der Waals surface area contributed by atoms with E-state index in [0.29, 0.717) is 0 Å². The number of thiazole rings is 1. The molecule has 20 heavy (non-hydrogen) atoms. The number of rotatable bonds is 3. The lowest BCUT2D eigenvalue weighted by Gasteiger charge is -2.05. The van der Waals surface area contributed by atoms with Crippen molar-refractivity contribution in [3.8, 4) is 0 Å². The SMILES string of the molecule is c1ccc2sc(NCc3ccc4c(c3)CNC4)nc2c1. The predicted molar refractivity (Wildman–Crippen MR) is 83.9 cm³/mol. The van der Waals surface area contributed by atoms with Crippen LogP contribution in [0.2, 0.25) is 0 Å². The molecule has 0 radical (unpaired) electrons. The highest BCUT2D eigenvalue weighted by Crippen LogP contribution is 2.26. The minimum atomic E-state index is 0.826. The minimum Gasteiger partial charge on any atom is -0.357 e. The van der Waals surface area contributed by atoms with Crippen molar-refractivity contribution in [1.29, 1.82) is 0 Å². The maximum Gasteiger partial charge on any atom is 0.184 e. The molecule has 0 aliphatic carbocycles. The van der Waals surface area contributed by atoms with Gasteiger partial charge in [-0.15, -0.1) is 0 Å². The van der Waals surface area contributed by atoms with Gasteiger partial charge in [0.15, 0.2) is 5.13 Å². The van der Waals surface area contributed by atoms with E-state index in [9.17, 15) is 0 Å². The summed E-state index contributed by atoms with van der Waals surface area (Å²) in [6.07, 6.45) is 0.